The lowest BCUT2D eigenvalue weighted by atomic mass is 10.1. The van der Waals surface area contributed by atoms with E-state index in [9.17, 15) is 33.5 Å². The van der Waals surface area contributed by atoms with Crippen LogP contribution in [0, 0.1) is 0 Å². The Hall–Kier alpha value is -1.36. The summed E-state index contributed by atoms with van der Waals surface area (Å²) in [5.74, 6) is -0.0227. The molecule has 18 nitrogen and oxygen atoms in total. The topological polar surface area (TPSA) is 279 Å². The quantitative estimate of drug-likeness (QED) is 0.197. The van der Waals surface area contributed by atoms with Crippen LogP contribution in [-0.2, 0) is 31.8 Å². The molecular weight excluding hydrogens is 491 g/mol. The third kappa shape index (κ3) is 5.91. The minimum atomic E-state index is -5.40. The fraction of sp³-hybridized carbons (Fsp3) is 0.500. The van der Waals surface area contributed by atoms with E-state index in [2.05, 4.69) is 28.3 Å². The molecule has 1 unspecified atom stereocenters. The van der Waals surface area contributed by atoms with Crippen molar-refractivity contribution >= 4 is 40.4 Å². The number of hydrogen-bond acceptors (Lipinski definition) is 12. The van der Waals surface area contributed by atoms with Crippen LogP contribution in [-0.4, -0.2) is 74.0 Å². The third-order valence-electron chi connectivity index (χ3n) is 3.84. The maximum absolute atomic E-state index is 11.6. The first kappa shape index (κ1) is 24.3. The van der Waals surface area contributed by atoms with Crippen molar-refractivity contribution in [3.63, 3.8) is 0 Å². The number of aliphatic hydroxyl groups excluding tert-OH is 1. The summed E-state index contributed by atoms with van der Waals surface area (Å²) in [5.41, 5.74) is 5.82. The van der Waals surface area contributed by atoms with Gasteiger partial charge in [-0.05, 0) is 0 Å². The van der Waals surface area contributed by atoms with Gasteiger partial charge in [0, 0.05) is 0 Å². The summed E-state index contributed by atoms with van der Waals surface area (Å²) in [5, 5.41) is 10.4. The average molecular weight is 507 g/mol. The van der Waals surface area contributed by atoms with Crippen molar-refractivity contribution in [2.75, 3.05) is 12.3 Å². The Morgan fingerprint density at radius 2 is 1.77 bits per heavy atom. The number of phosphoric acid groups is 3. The summed E-state index contributed by atoms with van der Waals surface area (Å²) in [4.78, 5) is 56.5. The first-order valence-corrected chi connectivity index (χ1v) is 12.5. The van der Waals surface area contributed by atoms with Crippen LogP contribution in [0.5, 0.6) is 0 Å². The van der Waals surface area contributed by atoms with Gasteiger partial charge in [-0.2, -0.15) is 4.31 Å². The number of aromatic nitrogens is 4. The largest absolute Gasteiger partial charge is 0.481 e. The molecule has 1 aliphatic heterocycles. The molecule has 1 aliphatic rings. The van der Waals surface area contributed by atoms with E-state index < -0.39 is 54.6 Å². The van der Waals surface area contributed by atoms with Gasteiger partial charge in [0.1, 0.15) is 30.2 Å². The summed E-state index contributed by atoms with van der Waals surface area (Å²) in [6.45, 7) is -0.990. The zero-order valence-corrected chi connectivity index (χ0v) is 17.6. The molecule has 3 rings (SSSR count). The van der Waals surface area contributed by atoms with Crippen molar-refractivity contribution in [1.82, 2.24) is 19.5 Å². The van der Waals surface area contributed by atoms with Gasteiger partial charge in [0.2, 0.25) is 0 Å². The highest BCUT2D eigenvalue weighted by atomic mass is 31.3. The number of imidazole rings is 1. The normalized spacial score (nSPS) is 26.9. The summed E-state index contributed by atoms with van der Waals surface area (Å²) >= 11 is 0. The summed E-state index contributed by atoms with van der Waals surface area (Å²) < 4.78 is 52.9. The Labute approximate surface area is 171 Å². The molecule has 0 spiro atoms. The van der Waals surface area contributed by atoms with Gasteiger partial charge in [-0.25, -0.2) is 28.6 Å². The molecule has 0 aliphatic carbocycles. The maximum Gasteiger partial charge on any atom is 0.481 e. The fourth-order valence-electron chi connectivity index (χ4n) is 2.73. The molecule has 5 atom stereocenters. The van der Waals surface area contributed by atoms with Crippen LogP contribution in [0.2, 0.25) is 0 Å². The number of nitrogens with two attached hydrogens (primary N) is 1. The van der Waals surface area contributed by atoms with Crippen LogP contribution < -0.4 is 5.73 Å². The maximum atomic E-state index is 11.6. The number of nitrogens with zero attached hydrogens (tertiary/aromatic N) is 4. The summed E-state index contributed by atoms with van der Waals surface area (Å²) in [6, 6.07) is 0. The Morgan fingerprint density at radius 1 is 1.10 bits per heavy atom. The van der Waals surface area contributed by atoms with Gasteiger partial charge in [0.25, 0.3) is 0 Å². The minimum Gasteiger partial charge on any atom is -0.387 e. The van der Waals surface area contributed by atoms with Crippen LogP contribution in [0.3, 0.4) is 0 Å². The Balaban J connectivity index is 1.88. The molecule has 1 fully saturated rings. The second kappa shape index (κ2) is 8.53. The second-order valence-electron chi connectivity index (χ2n) is 6.04. The molecule has 31 heavy (non-hydrogen) atoms. The average Bonchev–Trinajstić information content (AvgIpc) is 3.13. The molecule has 2 aromatic rings. The van der Waals surface area contributed by atoms with Gasteiger partial charge in [-0.15, -0.1) is 0 Å². The molecule has 0 radical (unpaired) electrons. The van der Waals surface area contributed by atoms with Crippen molar-refractivity contribution in [3.8, 4) is 0 Å². The number of hydrogen-bond donors (Lipinski definition) is 7. The molecule has 0 aromatic carbocycles. The molecule has 174 valence electrons. The number of aliphatic hydroxyl groups is 1. The first-order chi connectivity index (χ1) is 14.2. The van der Waals surface area contributed by atoms with E-state index in [1.807, 2.05) is 0 Å². The minimum absolute atomic E-state index is 0.0227. The first-order valence-electron chi connectivity index (χ1n) is 7.91. The third-order valence-corrected chi connectivity index (χ3v) is 6.51. The fourth-order valence-corrected chi connectivity index (χ4v) is 4.88. The van der Waals surface area contributed by atoms with E-state index in [-0.39, 0.29) is 17.0 Å². The van der Waals surface area contributed by atoms with Gasteiger partial charge in [0.05, 0.1) is 12.9 Å². The summed E-state index contributed by atoms with van der Waals surface area (Å²) in [6.07, 6.45) is -4.49. The molecule has 8 N–H and O–H groups in total. The molecule has 1 saturated heterocycles. The van der Waals surface area contributed by atoms with Crippen LogP contribution in [0.15, 0.2) is 12.7 Å². The van der Waals surface area contributed by atoms with Crippen LogP contribution >= 0.6 is 23.5 Å². The number of ether oxygens (including phenoxy) is 1. The zero-order chi connectivity index (χ0) is 23.2. The molecule has 21 heteroatoms. The molecule has 0 amide bonds. The molecular formula is C10H16N5O13P3. The predicted octanol–water partition coefficient (Wildman–Crippen LogP) is -1.63. The summed E-state index contributed by atoms with van der Waals surface area (Å²) in [7, 11) is -15.9. The Kier molecular flexibility index (Phi) is 6.68. The number of anilines is 1. The highest BCUT2D eigenvalue weighted by Gasteiger charge is 2.50. The number of nitrogen functional groups attached to an aromatic ring is 1. The number of fused-ring (bicyclic) bond motifs is 1. The molecule has 2 aromatic heterocycles. The monoisotopic (exact) mass is 507 g/mol. The van der Waals surface area contributed by atoms with Crippen LogP contribution in [0.4, 0.5) is 5.82 Å². The van der Waals surface area contributed by atoms with E-state index in [1.54, 1.807) is 0 Å². The smallest absolute Gasteiger partial charge is 0.387 e. The second-order valence-corrected chi connectivity index (χ2v) is 10.1. The van der Waals surface area contributed by atoms with E-state index in [1.165, 1.54) is 0 Å². The zero-order valence-electron chi connectivity index (χ0n) is 14.9. The van der Waals surface area contributed by atoms with Crippen LogP contribution in [0.1, 0.15) is 6.23 Å². The van der Waals surface area contributed by atoms with Crippen molar-refractivity contribution in [2.45, 2.75) is 24.5 Å². The Morgan fingerprint density at radius 3 is 2.39 bits per heavy atom. The highest BCUT2D eigenvalue weighted by Crippen LogP contribution is 2.58. The molecule has 3 heterocycles. The van der Waals surface area contributed by atoms with Crippen molar-refractivity contribution in [3.05, 3.63) is 12.7 Å². The highest BCUT2D eigenvalue weighted by molar-refractivity contribution is 7.60. The van der Waals surface area contributed by atoms with Crippen molar-refractivity contribution < 1.29 is 61.4 Å². The molecule has 0 bridgehead atoms. The number of rotatable bonds is 8. The van der Waals surface area contributed by atoms with Gasteiger partial charge < -0.3 is 40.0 Å². The van der Waals surface area contributed by atoms with Crippen LogP contribution in [0.25, 0.3) is 11.2 Å². The SMILES string of the molecule is Nc1ncnc2c1ncn2[C@@H]1O[C@@H](COP(=O)(O)OP(=O)(O)O)[C@@H](O)[C@H]1OP(=O)(O)O. The number of phosphoric ester groups is 2. The van der Waals surface area contributed by atoms with E-state index in [0.29, 0.717) is 0 Å². The van der Waals surface area contributed by atoms with Gasteiger partial charge in [-0.1, -0.05) is 0 Å². The predicted molar refractivity (Wildman–Crippen MR) is 95.5 cm³/mol. The van der Waals surface area contributed by atoms with Crippen molar-refractivity contribution in [2.24, 2.45) is 0 Å². The van der Waals surface area contributed by atoms with Gasteiger partial charge in [-0.3, -0.25) is 13.6 Å². The van der Waals surface area contributed by atoms with E-state index >= 15 is 0 Å². The van der Waals surface area contributed by atoms with Gasteiger partial charge >= 0.3 is 23.5 Å². The van der Waals surface area contributed by atoms with Crippen molar-refractivity contribution in [1.29, 1.82) is 0 Å². The van der Waals surface area contributed by atoms with E-state index in [0.717, 1.165) is 17.2 Å². The lowest BCUT2D eigenvalue weighted by molar-refractivity contribution is -0.0497. The molecule has 0 saturated carbocycles. The standard InChI is InChI=1S/C10H16N5O13P3/c11-8-5-9(13-2-12-8)15(3-14-5)10-7(27-29(17,18)19)6(16)4(26-10)1-25-31(23,24)28-30(20,21)22/h2-4,6-7,10,16H,1H2,(H,23,24)(H2,11,12,13)(H2,17,18,19)(H2,20,21,22)/t4-,6+,7+,10+/m0/s1. The lowest BCUT2D eigenvalue weighted by Gasteiger charge is -2.22. The Bertz CT molecular complexity index is 1100. The van der Waals surface area contributed by atoms with E-state index in [4.69, 9.17) is 20.3 Å². The lowest BCUT2D eigenvalue weighted by Crippen LogP contribution is -2.35. The van der Waals surface area contributed by atoms with Gasteiger partial charge in [0.15, 0.2) is 17.7 Å².